The Hall–Kier alpha value is -2.75. The fraction of sp³-hybridized carbons (Fsp3) is 0.310. The third-order valence-corrected chi connectivity index (χ3v) is 8.25. The van der Waals surface area contributed by atoms with Crippen LogP contribution in [0.15, 0.2) is 84.9 Å². The van der Waals surface area contributed by atoms with E-state index in [2.05, 4.69) is 118 Å². The number of nitrogens with one attached hydrogen (secondary N) is 1. The molecule has 0 amide bonds. The molecule has 0 spiro atoms. The first-order valence-corrected chi connectivity index (χ1v) is 13.3. The number of fused-ring (bicyclic) bond motifs is 3. The second kappa shape index (κ2) is 12.5. The molecule has 36 heavy (non-hydrogen) atoms. The first-order valence-electron chi connectivity index (χ1n) is 12.2. The third-order valence-electron chi connectivity index (χ3n) is 7.20. The van der Waals surface area contributed by atoms with Gasteiger partial charge in [-0.05, 0) is 77.2 Å². The normalized spacial score (nSPS) is 22.5. The number of carboxylic acids is 2. The zero-order chi connectivity index (χ0) is 25.5. The Balaban J connectivity index is 0.000000455. The number of hydrogen-bond acceptors (Lipinski definition) is 4. The fourth-order valence-corrected chi connectivity index (χ4v) is 6.14. The molecule has 0 aromatic heterocycles. The number of piperidine rings is 3. The minimum Gasteiger partial charge on any atom is -0.473 e. The first kappa shape index (κ1) is 26.3. The van der Waals surface area contributed by atoms with E-state index in [1.807, 2.05) is 0 Å². The largest absolute Gasteiger partial charge is 0.473 e. The number of nitrogens with zero attached hydrogens (tertiary/aromatic N) is 1. The van der Waals surface area contributed by atoms with Gasteiger partial charge in [0, 0.05) is 28.1 Å². The molecule has 3 fully saturated rings. The summed E-state index contributed by atoms with van der Waals surface area (Å²) >= 11 is 2.46. The molecule has 3 aliphatic rings. The topological polar surface area (TPSA) is 89.9 Å². The number of benzene rings is 3. The molecular weight excluding hydrogens is 567 g/mol. The lowest BCUT2D eigenvalue weighted by Crippen LogP contribution is -2.64. The maximum Gasteiger partial charge on any atom is 0.414 e. The molecule has 3 heterocycles. The molecule has 0 saturated carbocycles. The van der Waals surface area contributed by atoms with Gasteiger partial charge in [-0.1, -0.05) is 78.9 Å². The van der Waals surface area contributed by atoms with Crippen LogP contribution >= 0.6 is 22.6 Å². The Morgan fingerprint density at radius 2 is 1.33 bits per heavy atom. The number of rotatable bonds is 6. The molecule has 3 aromatic rings. The molecule has 0 aliphatic carbocycles. The van der Waals surface area contributed by atoms with Crippen LogP contribution in [0.5, 0.6) is 0 Å². The van der Waals surface area contributed by atoms with E-state index in [4.69, 9.17) is 19.8 Å². The molecule has 3 N–H and O–H groups in total. The number of halogens is 1. The number of hydrogen-bond donors (Lipinski definition) is 3. The summed E-state index contributed by atoms with van der Waals surface area (Å²) in [4.78, 5) is 21.0. The van der Waals surface area contributed by atoms with Crippen molar-refractivity contribution < 1.29 is 19.8 Å². The molecule has 2 bridgehead atoms. The highest BCUT2D eigenvalue weighted by Gasteiger charge is 2.46. The van der Waals surface area contributed by atoms with Gasteiger partial charge in [0.1, 0.15) is 0 Å². The van der Waals surface area contributed by atoms with Crippen LogP contribution in [0, 0.1) is 9.49 Å². The Labute approximate surface area is 225 Å². The van der Waals surface area contributed by atoms with E-state index in [9.17, 15) is 0 Å². The van der Waals surface area contributed by atoms with Crippen LogP contribution in [0.1, 0.15) is 35.4 Å². The summed E-state index contributed by atoms with van der Waals surface area (Å²) in [5.41, 5.74) is 4.27. The van der Waals surface area contributed by atoms with Crippen molar-refractivity contribution in [3.05, 3.63) is 105 Å². The summed E-state index contributed by atoms with van der Waals surface area (Å²) < 4.78 is 1.35. The minimum absolute atomic E-state index is 0.392. The monoisotopic (exact) mass is 598 g/mol. The van der Waals surface area contributed by atoms with Crippen molar-refractivity contribution in [1.82, 2.24) is 10.2 Å². The summed E-state index contributed by atoms with van der Waals surface area (Å²) in [6.45, 7) is 3.40. The van der Waals surface area contributed by atoms with Gasteiger partial charge in [0.15, 0.2) is 0 Å². The molecule has 7 heteroatoms. The molecule has 3 saturated heterocycles. The van der Waals surface area contributed by atoms with Gasteiger partial charge in [0.05, 0.1) is 0 Å². The van der Waals surface area contributed by atoms with E-state index in [0.29, 0.717) is 18.0 Å². The lowest BCUT2D eigenvalue weighted by atomic mass is 9.70. The minimum atomic E-state index is -1.82. The lowest BCUT2D eigenvalue weighted by molar-refractivity contribution is -0.159. The van der Waals surface area contributed by atoms with E-state index in [1.54, 1.807) is 0 Å². The second-order valence-corrected chi connectivity index (χ2v) is 10.4. The molecule has 2 atom stereocenters. The van der Waals surface area contributed by atoms with Gasteiger partial charge in [-0.2, -0.15) is 0 Å². The van der Waals surface area contributed by atoms with Crippen molar-refractivity contribution in [2.24, 2.45) is 5.92 Å². The average molecular weight is 598 g/mol. The van der Waals surface area contributed by atoms with Crippen molar-refractivity contribution in [2.45, 2.75) is 37.4 Å². The van der Waals surface area contributed by atoms with Gasteiger partial charge in [-0.15, -0.1) is 0 Å². The van der Waals surface area contributed by atoms with Crippen molar-refractivity contribution in [1.29, 1.82) is 0 Å². The summed E-state index contributed by atoms with van der Waals surface area (Å²) in [5, 5.41) is 18.8. The molecular formula is C29H31IN2O4. The Kier molecular flexibility index (Phi) is 9.12. The van der Waals surface area contributed by atoms with E-state index in [1.165, 1.54) is 46.2 Å². The van der Waals surface area contributed by atoms with E-state index in [-0.39, 0.29) is 0 Å². The highest BCUT2D eigenvalue weighted by Crippen LogP contribution is 2.42. The highest BCUT2D eigenvalue weighted by atomic mass is 127. The molecule has 6 rings (SSSR count). The van der Waals surface area contributed by atoms with E-state index < -0.39 is 11.9 Å². The first-order chi connectivity index (χ1) is 17.5. The zero-order valence-corrected chi connectivity index (χ0v) is 22.1. The summed E-state index contributed by atoms with van der Waals surface area (Å²) in [5.74, 6) is -2.50. The second-order valence-electron chi connectivity index (χ2n) is 9.27. The predicted octanol–water partition coefficient (Wildman–Crippen LogP) is 4.83. The van der Waals surface area contributed by atoms with Crippen molar-refractivity contribution in [2.75, 3.05) is 13.1 Å². The molecule has 188 valence electrons. The average Bonchev–Trinajstić information content (AvgIpc) is 2.91. The third kappa shape index (κ3) is 6.32. The standard InChI is InChI=1S/C27H29IN2.C2H2O4/c28-24-14-8-7-13-23(24)19-29-26-22-15-17-30(18-16-22)27(26)25(20-9-3-1-4-10-20)21-11-5-2-6-12-21;3-1(4)2(5)6/h1-14,22,25-27,29H,15-19H2;(H,3,4)(H,5,6). The molecule has 2 unspecified atom stereocenters. The molecule has 3 aromatic carbocycles. The molecule has 0 radical (unpaired) electrons. The fourth-order valence-electron chi connectivity index (χ4n) is 5.57. The van der Waals surface area contributed by atoms with Crippen molar-refractivity contribution in [3.8, 4) is 0 Å². The van der Waals surface area contributed by atoms with Crippen LogP contribution in [0.4, 0.5) is 0 Å². The Morgan fingerprint density at radius 1 is 0.833 bits per heavy atom. The maximum absolute atomic E-state index is 9.10. The Morgan fingerprint density at radius 3 is 1.83 bits per heavy atom. The van der Waals surface area contributed by atoms with Gasteiger partial charge in [0.25, 0.3) is 0 Å². The van der Waals surface area contributed by atoms with Crippen molar-refractivity contribution in [3.63, 3.8) is 0 Å². The van der Waals surface area contributed by atoms with Crippen LogP contribution in [-0.2, 0) is 16.1 Å². The van der Waals surface area contributed by atoms with Gasteiger partial charge >= 0.3 is 11.9 Å². The molecule has 6 nitrogen and oxygen atoms in total. The number of carbonyl (C=O) groups is 2. The van der Waals surface area contributed by atoms with Crippen LogP contribution < -0.4 is 5.32 Å². The highest BCUT2D eigenvalue weighted by molar-refractivity contribution is 14.1. The smallest absolute Gasteiger partial charge is 0.414 e. The van der Waals surface area contributed by atoms with Crippen molar-refractivity contribution >= 4 is 34.5 Å². The molecule has 3 aliphatic heterocycles. The van der Waals surface area contributed by atoms with Crippen LogP contribution in [0.2, 0.25) is 0 Å². The summed E-state index contributed by atoms with van der Waals surface area (Å²) in [7, 11) is 0. The van der Waals surface area contributed by atoms with E-state index >= 15 is 0 Å². The van der Waals surface area contributed by atoms with Gasteiger partial charge in [-0.3, -0.25) is 4.90 Å². The van der Waals surface area contributed by atoms with Crippen LogP contribution in [0.3, 0.4) is 0 Å². The number of aliphatic carboxylic acids is 2. The van der Waals surface area contributed by atoms with Crippen LogP contribution in [0.25, 0.3) is 0 Å². The predicted molar refractivity (Wildman–Crippen MR) is 148 cm³/mol. The summed E-state index contributed by atoms with van der Waals surface area (Å²) in [6.07, 6.45) is 2.63. The lowest BCUT2D eigenvalue weighted by Gasteiger charge is -2.54. The quantitative estimate of drug-likeness (QED) is 0.278. The van der Waals surface area contributed by atoms with E-state index in [0.717, 1.165) is 12.5 Å². The van der Waals surface area contributed by atoms with Gasteiger partial charge in [-0.25, -0.2) is 9.59 Å². The SMILES string of the molecule is Ic1ccccc1CNC1C2CCN(CC2)C1C(c1ccccc1)c1ccccc1.O=C(O)C(=O)O. The van der Waals surface area contributed by atoms with Crippen LogP contribution in [-0.4, -0.2) is 52.2 Å². The van der Waals surface area contributed by atoms with Gasteiger partial charge < -0.3 is 15.5 Å². The Bertz CT molecular complexity index is 1100. The zero-order valence-electron chi connectivity index (χ0n) is 20.0. The number of carboxylic acid groups (broad SMARTS) is 2. The maximum atomic E-state index is 9.10. The summed E-state index contributed by atoms with van der Waals surface area (Å²) in [6, 6.07) is 32.1. The van der Waals surface area contributed by atoms with Gasteiger partial charge in [0.2, 0.25) is 0 Å².